The first-order valence-corrected chi connectivity index (χ1v) is 7.89. The molecule has 0 fully saturated rings. The Balaban J connectivity index is 1.54. The van der Waals surface area contributed by atoms with E-state index in [2.05, 4.69) is 15.3 Å². The average Bonchev–Trinajstić information content (AvgIpc) is 3.06. The summed E-state index contributed by atoms with van der Waals surface area (Å²) in [5.74, 6) is 0.368. The minimum absolute atomic E-state index is 0.137. The minimum atomic E-state index is -0.137. The smallest absolute Gasteiger partial charge is 0.255 e. The predicted octanol–water partition coefficient (Wildman–Crippen LogP) is 4.45. The molecule has 4 rings (SSSR count). The molecule has 4 aromatic rings. The van der Waals surface area contributed by atoms with E-state index in [-0.39, 0.29) is 5.91 Å². The molecule has 0 bridgehead atoms. The van der Waals surface area contributed by atoms with Crippen molar-refractivity contribution in [2.45, 2.75) is 6.92 Å². The van der Waals surface area contributed by atoms with Gasteiger partial charge in [0.25, 0.3) is 5.91 Å². The number of oxazole rings is 1. The van der Waals surface area contributed by atoms with Crippen LogP contribution in [-0.2, 0) is 0 Å². The number of rotatable bonds is 3. The van der Waals surface area contributed by atoms with Gasteiger partial charge in [0.15, 0.2) is 11.2 Å². The Bertz CT molecular complexity index is 1020. The third-order valence-corrected chi connectivity index (χ3v) is 3.83. The second kappa shape index (κ2) is 6.20. The van der Waals surface area contributed by atoms with E-state index in [1.807, 2.05) is 55.5 Å². The molecule has 0 aliphatic carbocycles. The van der Waals surface area contributed by atoms with Crippen LogP contribution >= 0.6 is 0 Å². The number of anilines is 1. The zero-order valence-electron chi connectivity index (χ0n) is 13.6. The predicted molar refractivity (Wildman–Crippen MR) is 96.4 cm³/mol. The highest BCUT2D eigenvalue weighted by Gasteiger charge is 2.10. The molecule has 0 saturated carbocycles. The molecule has 0 aliphatic heterocycles. The molecule has 2 aromatic heterocycles. The Morgan fingerprint density at radius 3 is 2.64 bits per heavy atom. The topological polar surface area (TPSA) is 68.0 Å². The number of aryl methyl sites for hydroxylation is 1. The van der Waals surface area contributed by atoms with E-state index in [0.29, 0.717) is 28.4 Å². The Kier molecular flexibility index (Phi) is 3.74. The first-order chi connectivity index (χ1) is 12.2. The number of hydrogen-bond donors (Lipinski definition) is 1. The first kappa shape index (κ1) is 15.1. The fourth-order valence-electron chi connectivity index (χ4n) is 2.58. The summed E-state index contributed by atoms with van der Waals surface area (Å²) in [4.78, 5) is 20.8. The highest BCUT2D eigenvalue weighted by Crippen LogP contribution is 2.24. The number of nitrogens with zero attached hydrogens (tertiary/aromatic N) is 2. The van der Waals surface area contributed by atoms with Crippen LogP contribution in [0.25, 0.3) is 22.7 Å². The fourth-order valence-corrected chi connectivity index (χ4v) is 2.58. The maximum atomic E-state index is 12.3. The molecule has 5 nitrogen and oxygen atoms in total. The third kappa shape index (κ3) is 3.12. The molecule has 5 heteroatoms. The van der Waals surface area contributed by atoms with Gasteiger partial charge in [-0.25, -0.2) is 4.98 Å². The summed E-state index contributed by atoms with van der Waals surface area (Å²) in [7, 11) is 0. The zero-order chi connectivity index (χ0) is 17.2. The monoisotopic (exact) mass is 329 g/mol. The summed E-state index contributed by atoms with van der Waals surface area (Å²) >= 11 is 0. The molecule has 1 N–H and O–H groups in total. The number of pyridine rings is 1. The van der Waals surface area contributed by atoms with Crippen molar-refractivity contribution in [3.8, 4) is 11.5 Å². The molecule has 122 valence electrons. The minimum Gasteiger partial charge on any atom is -0.434 e. The molecule has 0 spiro atoms. The first-order valence-electron chi connectivity index (χ1n) is 7.89. The SMILES string of the molecule is Cc1cccc(C(=O)Nc2ccc(-c3nc4ncccc4o3)cc2)c1. The molecule has 0 unspecified atom stereocenters. The van der Waals surface area contributed by atoms with Crippen molar-refractivity contribution in [1.82, 2.24) is 9.97 Å². The van der Waals surface area contributed by atoms with Gasteiger partial charge in [0, 0.05) is 23.0 Å². The highest BCUT2D eigenvalue weighted by molar-refractivity contribution is 6.04. The van der Waals surface area contributed by atoms with Gasteiger partial charge in [-0.3, -0.25) is 4.79 Å². The number of nitrogens with one attached hydrogen (secondary N) is 1. The lowest BCUT2D eigenvalue weighted by molar-refractivity contribution is 0.102. The van der Waals surface area contributed by atoms with Crippen molar-refractivity contribution in [1.29, 1.82) is 0 Å². The molecule has 0 atom stereocenters. The summed E-state index contributed by atoms with van der Waals surface area (Å²) in [6, 6.07) is 18.5. The van der Waals surface area contributed by atoms with Crippen molar-refractivity contribution in [2.75, 3.05) is 5.32 Å². The number of hydrogen-bond acceptors (Lipinski definition) is 4. The number of aromatic nitrogens is 2. The van der Waals surface area contributed by atoms with Crippen molar-refractivity contribution in [2.24, 2.45) is 0 Å². The fraction of sp³-hybridized carbons (Fsp3) is 0.0500. The number of amides is 1. The third-order valence-electron chi connectivity index (χ3n) is 3.83. The number of carbonyl (C=O) groups excluding carboxylic acids is 1. The van der Waals surface area contributed by atoms with Crippen molar-refractivity contribution < 1.29 is 9.21 Å². The van der Waals surface area contributed by atoms with Crippen molar-refractivity contribution >= 4 is 22.8 Å². The van der Waals surface area contributed by atoms with E-state index in [1.165, 1.54) is 0 Å². The number of fused-ring (bicyclic) bond motifs is 1. The Hall–Kier alpha value is -3.47. The van der Waals surface area contributed by atoms with Gasteiger partial charge in [-0.1, -0.05) is 17.7 Å². The van der Waals surface area contributed by atoms with Gasteiger partial charge in [-0.05, 0) is 55.5 Å². The molecular weight excluding hydrogens is 314 g/mol. The van der Waals surface area contributed by atoms with E-state index in [9.17, 15) is 4.79 Å². The maximum absolute atomic E-state index is 12.3. The molecule has 0 saturated heterocycles. The van der Waals surface area contributed by atoms with Crippen LogP contribution in [0.1, 0.15) is 15.9 Å². The van der Waals surface area contributed by atoms with Crippen molar-refractivity contribution in [3.63, 3.8) is 0 Å². The van der Waals surface area contributed by atoms with Crippen LogP contribution in [0.5, 0.6) is 0 Å². The molecule has 0 aliphatic rings. The average molecular weight is 329 g/mol. The van der Waals surface area contributed by atoms with Crippen LogP contribution in [-0.4, -0.2) is 15.9 Å². The van der Waals surface area contributed by atoms with E-state index in [0.717, 1.165) is 11.1 Å². The number of benzene rings is 2. The van der Waals surface area contributed by atoms with E-state index in [1.54, 1.807) is 18.3 Å². The normalized spacial score (nSPS) is 10.8. The quantitative estimate of drug-likeness (QED) is 0.603. The van der Waals surface area contributed by atoms with E-state index >= 15 is 0 Å². The molecular formula is C20H15N3O2. The second-order valence-electron chi connectivity index (χ2n) is 5.75. The Morgan fingerprint density at radius 2 is 1.88 bits per heavy atom. The molecule has 0 radical (unpaired) electrons. The molecule has 1 amide bonds. The van der Waals surface area contributed by atoms with E-state index in [4.69, 9.17) is 4.42 Å². The highest BCUT2D eigenvalue weighted by atomic mass is 16.3. The summed E-state index contributed by atoms with van der Waals surface area (Å²) in [6.45, 7) is 1.96. The van der Waals surface area contributed by atoms with Crippen molar-refractivity contribution in [3.05, 3.63) is 78.0 Å². The van der Waals surface area contributed by atoms with Gasteiger partial charge < -0.3 is 9.73 Å². The van der Waals surface area contributed by atoms with Gasteiger partial charge in [-0.15, -0.1) is 0 Å². The summed E-state index contributed by atoms with van der Waals surface area (Å²) in [5.41, 5.74) is 4.45. The van der Waals surface area contributed by atoms with Crippen LogP contribution in [0.15, 0.2) is 71.3 Å². The lowest BCUT2D eigenvalue weighted by Gasteiger charge is -2.06. The van der Waals surface area contributed by atoms with Gasteiger partial charge in [0.05, 0.1) is 0 Å². The second-order valence-corrected chi connectivity index (χ2v) is 5.75. The van der Waals surface area contributed by atoms with Crippen LogP contribution in [0.3, 0.4) is 0 Å². The van der Waals surface area contributed by atoms with Crippen LogP contribution in [0.2, 0.25) is 0 Å². The summed E-state index contributed by atoms with van der Waals surface area (Å²) in [6.07, 6.45) is 1.68. The van der Waals surface area contributed by atoms with Crippen LogP contribution in [0, 0.1) is 6.92 Å². The summed E-state index contributed by atoms with van der Waals surface area (Å²) < 4.78 is 5.70. The Morgan fingerprint density at radius 1 is 1.04 bits per heavy atom. The maximum Gasteiger partial charge on any atom is 0.255 e. The molecule has 2 aromatic carbocycles. The Labute approximate surface area is 144 Å². The zero-order valence-corrected chi connectivity index (χ0v) is 13.6. The van der Waals surface area contributed by atoms with Gasteiger partial charge in [0.1, 0.15) is 0 Å². The lowest BCUT2D eigenvalue weighted by atomic mass is 10.1. The lowest BCUT2D eigenvalue weighted by Crippen LogP contribution is -2.11. The van der Waals surface area contributed by atoms with E-state index < -0.39 is 0 Å². The molecule has 25 heavy (non-hydrogen) atoms. The molecule has 2 heterocycles. The van der Waals surface area contributed by atoms with Crippen LogP contribution < -0.4 is 5.32 Å². The summed E-state index contributed by atoms with van der Waals surface area (Å²) in [5, 5.41) is 2.89. The number of carbonyl (C=O) groups is 1. The van der Waals surface area contributed by atoms with Gasteiger partial charge >= 0.3 is 0 Å². The van der Waals surface area contributed by atoms with Gasteiger partial charge in [-0.2, -0.15) is 4.98 Å². The largest absolute Gasteiger partial charge is 0.434 e. The van der Waals surface area contributed by atoms with Crippen LogP contribution in [0.4, 0.5) is 5.69 Å². The van der Waals surface area contributed by atoms with Gasteiger partial charge in [0.2, 0.25) is 5.89 Å². The standard InChI is InChI=1S/C20H15N3O2/c1-13-4-2-5-15(12-13)19(24)22-16-9-7-14(8-10-16)20-23-18-17(25-20)6-3-11-21-18/h2-12H,1H3,(H,22,24).